The lowest BCUT2D eigenvalue weighted by Gasteiger charge is -2.26. The fourth-order valence-electron chi connectivity index (χ4n) is 3.52. The van der Waals surface area contributed by atoms with Crippen LogP contribution < -0.4 is 15.4 Å². The van der Waals surface area contributed by atoms with E-state index >= 15 is 0 Å². The summed E-state index contributed by atoms with van der Waals surface area (Å²) in [5.74, 6) is 0.323. The van der Waals surface area contributed by atoms with Crippen LogP contribution in [0.5, 0.6) is 5.75 Å². The second kappa shape index (κ2) is 8.65. The summed E-state index contributed by atoms with van der Waals surface area (Å²) in [6.07, 6.45) is 4.51. The van der Waals surface area contributed by atoms with Gasteiger partial charge in [-0.05, 0) is 66.8 Å². The van der Waals surface area contributed by atoms with Gasteiger partial charge in [0.15, 0.2) is 12.4 Å². The molecule has 0 saturated heterocycles. The maximum absolute atomic E-state index is 12.3. The second-order valence-corrected chi connectivity index (χ2v) is 6.96. The highest BCUT2D eigenvalue weighted by Crippen LogP contribution is 2.29. The molecule has 0 bridgehead atoms. The molecule has 6 heteroatoms. The van der Waals surface area contributed by atoms with Gasteiger partial charge >= 0.3 is 0 Å². The highest BCUT2D eigenvalue weighted by Gasteiger charge is 2.21. The smallest absolute Gasteiger partial charge is 0.291 e. The summed E-state index contributed by atoms with van der Waals surface area (Å²) >= 11 is 0. The number of carbonyl (C=O) groups is 2. The third kappa shape index (κ3) is 4.66. The first kappa shape index (κ1) is 18.8. The standard InChI is InChI=1S/C23H22N2O4/c26-22(25-20-8-3-6-16-5-1-2-7-19(16)20)15-29-18-12-10-17(11-13-18)24-23(27)21-9-4-14-28-21/h1-2,4-5,7,9-14,20H,3,6,8,15H2,(H,24,27)(H,25,26)/t20-/m0/s1. The van der Waals surface area contributed by atoms with Crippen LogP contribution in [0.2, 0.25) is 0 Å². The first-order chi connectivity index (χ1) is 14.2. The van der Waals surface area contributed by atoms with E-state index in [0.29, 0.717) is 11.4 Å². The molecule has 0 saturated carbocycles. The fourth-order valence-corrected chi connectivity index (χ4v) is 3.52. The summed E-state index contributed by atoms with van der Waals surface area (Å²) in [5.41, 5.74) is 3.11. The summed E-state index contributed by atoms with van der Waals surface area (Å²) in [7, 11) is 0. The second-order valence-electron chi connectivity index (χ2n) is 6.96. The Bertz CT molecular complexity index is 980. The Hall–Kier alpha value is -3.54. The zero-order chi connectivity index (χ0) is 20.1. The topological polar surface area (TPSA) is 80.6 Å². The molecule has 0 aliphatic heterocycles. The van der Waals surface area contributed by atoms with Crippen molar-refractivity contribution in [1.29, 1.82) is 0 Å². The molecule has 1 aliphatic rings. The van der Waals surface area contributed by atoms with Crippen LogP contribution in [0.3, 0.4) is 0 Å². The Morgan fingerprint density at radius 1 is 1.03 bits per heavy atom. The molecule has 0 fully saturated rings. The Morgan fingerprint density at radius 2 is 1.86 bits per heavy atom. The number of ether oxygens (including phenoxy) is 1. The SMILES string of the molecule is O=C(COc1ccc(NC(=O)c2ccco2)cc1)N[C@H]1CCCc2ccccc21. The Kier molecular flexibility index (Phi) is 5.61. The number of aryl methyl sites for hydroxylation is 1. The minimum absolute atomic E-state index is 0.0373. The van der Waals surface area contributed by atoms with E-state index in [0.717, 1.165) is 19.3 Å². The molecule has 1 atom stereocenters. The van der Waals surface area contributed by atoms with Crippen LogP contribution in [0.1, 0.15) is 40.6 Å². The average Bonchev–Trinajstić information content (AvgIpc) is 3.29. The Labute approximate surface area is 168 Å². The number of nitrogens with one attached hydrogen (secondary N) is 2. The van der Waals surface area contributed by atoms with Crippen molar-refractivity contribution in [3.63, 3.8) is 0 Å². The molecule has 1 heterocycles. The van der Waals surface area contributed by atoms with Crippen LogP contribution in [0, 0.1) is 0 Å². The molecule has 2 N–H and O–H groups in total. The monoisotopic (exact) mass is 390 g/mol. The molecule has 29 heavy (non-hydrogen) atoms. The summed E-state index contributed by atoms with van der Waals surface area (Å²) in [6, 6.07) is 18.4. The lowest BCUT2D eigenvalue weighted by Crippen LogP contribution is -2.34. The molecule has 1 aromatic heterocycles. The van der Waals surface area contributed by atoms with E-state index < -0.39 is 0 Å². The molecule has 2 amide bonds. The lowest BCUT2D eigenvalue weighted by atomic mass is 9.88. The van der Waals surface area contributed by atoms with Crippen LogP contribution in [-0.4, -0.2) is 18.4 Å². The van der Waals surface area contributed by atoms with Gasteiger partial charge in [-0.25, -0.2) is 0 Å². The van der Waals surface area contributed by atoms with E-state index in [4.69, 9.17) is 9.15 Å². The number of carbonyl (C=O) groups excluding carboxylic acids is 2. The zero-order valence-corrected chi connectivity index (χ0v) is 15.9. The van der Waals surface area contributed by atoms with Gasteiger partial charge in [-0.3, -0.25) is 9.59 Å². The molecule has 2 aromatic carbocycles. The quantitative estimate of drug-likeness (QED) is 0.664. The molecule has 0 unspecified atom stereocenters. The number of hydrogen-bond acceptors (Lipinski definition) is 4. The van der Waals surface area contributed by atoms with E-state index in [1.54, 1.807) is 36.4 Å². The van der Waals surface area contributed by atoms with Crippen molar-refractivity contribution in [2.75, 3.05) is 11.9 Å². The normalized spacial score (nSPS) is 15.2. The summed E-state index contributed by atoms with van der Waals surface area (Å²) < 4.78 is 10.6. The largest absolute Gasteiger partial charge is 0.484 e. The number of hydrogen-bond donors (Lipinski definition) is 2. The molecule has 1 aliphatic carbocycles. The summed E-state index contributed by atoms with van der Waals surface area (Å²) in [4.78, 5) is 24.3. The van der Waals surface area contributed by atoms with E-state index in [-0.39, 0.29) is 30.2 Å². The zero-order valence-electron chi connectivity index (χ0n) is 15.9. The third-order valence-corrected chi connectivity index (χ3v) is 4.93. The summed E-state index contributed by atoms with van der Waals surface area (Å²) in [5, 5.41) is 5.80. The first-order valence-corrected chi connectivity index (χ1v) is 9.64. The van der Waals surface area contributed by atoms with Crippen LogP contribution in [0.15, 0.2) is 71.3 Å². The molecular weight excluding hydrogens is 368 g/mol. The molecule has 148 valence electrons. The van der Waals surface area contributed by atoms with E-state index in [1.165, 1.54) is 17.4 Å². The highest BCUT2D eigenvalue weighted by atomic mass is 16.5. The number of anilines is 1. The number of benzene rings is 2. The summed E-state index contributed by atoms with van der Waals surface area (Å²) in [6.45, 7) is -0.0588. The predicted octanol–water partition coefficient (Wildman–Crippen LogP) is 4.10. The van der Waals surface area contributed by atoms with Gasteiger partial charge in [0.2, 0.25) is 0 Å². The molecule has 0 radical (unpaired) electrons. The van der Waals surface area contributed by atoms with Crippen molar-refractivity contribution in [2.45, 2.75) is 25.3 Å². The minimum atomic E-state index is -0.323. The number of fused-ring (bicyclic) bond motifs is 1. The number of furan rings is 1. The maximum atomic E-state index is 12.3. The van der Waals surface area contributed by atoms with Crippen LogP contribution in [0.25, 0.3) is 0 Å². The van der Waals surface area contributed by atoms with Gasteiger partial charge < -0.3 is 19.8 Å². The van der Waals surface area contributed by atoms with E-state index in [1.807, 2.05) is 12.1 Å². The van der Waals surface area contributed by atoms with Gasteiger partial charge in [-0.2, -0.15) is 0 Å². The minimum Gasteiger partial charge on any atom is -0.484 e. The predicted molar refractivity (Wildman–Crippen MR) is 109 cm³/mol. The Balaban J connectivity index is 1.28. The van der Waals surface area contributed by atoms with E-state index in [9.17, 15) is 9.59 Å². The van der Waals surface area contributed by atoms with Gasteiger partial charge in [0.25, 0.3) is 11.8 Å². The molecule has 4 rings (SSSR count). The van der Waals surface area contributed by atoms with Gasteiger partial charge in [0, 0.05) is 5.69 Å². The molecule has 0 spiro atoms. The molecule has 6 nitrogen and oxygen atoms in total. The first-order valence-electron chi connectivity index (χ1n) is 9.64. The van der Waals surface area contributed by atoms with Crippen molar-refractivity contribution in [3.8, 4) is 5.75 Å². The van der Waals surface area contributed by atoms with Gasteiger partial charge in [0.1, 0.15) is 5.75 Å². The van der Waals surface area contributed by atoms with Crippen molar-refractivity contribution in [3.05, 3.63) is 83.8 Å². The van der Waals surface area contributed by atoms with Crippen LogP contribution in [0.4, 0.5) is 5.69 Å². The number of amides is 2. The van der Waals surface area contributed by atoms with Crippen molar-refractivity contribution in [2.24, 2.45) is 0 Å². The van der Waals surface area contributed by atoms with E-state index in [2.05, 4.69) is 22.8 Å². The Morgan fingerprint density at radius 3 is 2.66 bits per heavy atom. The lowest BCUT2D eigenvalue weighted by molar-refractivity contribution is -0.123. The molecule has 3 aromatic rings. The highest BCUT2D eigenvalue weighted by molar-refractivity contribution is 6.02. The third-order valence-electron chi connectivity index (χ3n) is 4.93. The maximum Gasteiger partial charge on any atom is 0.291 e. The van der Waals surface area contributed by atoms with Crippen LogP contribution >= 0.6 is 0 Å². The van der Waals surface area contributed by atoms with Gasteiger partial charge in [-0.15, -0.1) is 0 Å². The fraction of sp³-hybridized carbons (Fsp3) is 0.217. The van der Waals surface area contributed by atoms with Gasteiger partial charge in [-0.1, -0.05) is 24.3 Å². The molecular formula is C23H22N2O4. The number of rotatable bonds is 6. The van der Waals surface area contributed by atoms with Crippen molar-refractivity contribution < 1.29 is 18.7 Å². The van der Waals surface area contributed by atoms with Gasteiger partial charge in [0.05, 0.1) is 12.3 Å². The average molecular weight is 390 g/mol. The van der Waals surface area contributed by atoms with Crippen molar-refractivity contribution in [1.82, 2.24) is 5.32 Å². The van der Waals surface area contributed by atoms with Crippen LogP contribution in [-0.2, 0) is 11.2 Å². The van der Waals surface area contributed by atoms with Crippen molar-refractivity contribution >= 4 is 17.5 Å².